The van der Waals surface area contributed by atoms with E-state index >= 15 is 0 Å². The van der Waals surface area contributed by atoms with Gasteiger partial charge < -0.3 is 18.3 Å². The van der Waals surface area contributed by atoms with Gasteiger partial charge in [0.2, 0.25) is 0 Å². The standard InChI is InChI=1S/C15H11N3O7/c19-14(9-23-11-5-2-1-4-10(11)18(20)21)24-8-13-16-17-15(25-13)12-6-3-7-22-12/h1-7H,8-9H2. The average molecular weight is 345 g/mol. The quantitative estimate of drug-likeness (QED) is 0.359. The molecule has 0 amide bonds. The Balaban J connectivity index is 1.51. The minimum absolute atomic E-state index is 0.0256. The van der Waals surface area contributed by atoms with Gasteiger partial charge in [-0.1, -0.05) is 12.1 Å². The summed E-state index contributed by atoms with van der Waals surface area (Å²) in [4.78, 5) is 21.9. The van der Waals surface area contributed by atoms with Crippen LogP contribution in [0.25, 0.3) is 11.7 Å². The SMILES string of the molecule is O=C(COc1ccccc1[N+](=O)[O-])OCc1nnc(-c2ccco2)o1. The fourth-order valence-electron chi connectivity index (χ4n) is 1.86. The Morgan fingerprint density at radius 1 is 1.20 bits per heavy atom. The monoisotopic (exact) mass is 345 g/mol. The molecule has 0 aliphatic heterocycles. The van der Waals surface area contributed by atoms with E-state index in [1.807, 2.05) is 0 Å². The molecule has 10 nitrogen and oxygen atoms in total. The molecule has 0 bridgehead atoms. The number of benzene rings is 1. The third-order valence-corrected chi connectivity index (χ3v) is 2.96. The number of rotatable bonds is 7. The number of aromatic nitrogens is 2. The Morgan fingerprint density at radius 3 is 2.80 bits per heavy atom. The van der Waals surface area contributed by atoms with Gasteiger partial charge in [-0.05, 0) is 18.2 Å². The van der Waals surface area contributed by atoms with E-state index < -0.39 is 17.5 Å². The summed E-state index contributed by atoms with van der Waals surface area (Å²) in [6.07, 6.45) is 1.46. The molecule has 0 atom stereocenters. The summed E-state index contributed by atoms with van der Waals surface area (Å²) < 4.78 is 20.4. The van der Waals surface area contributed by atoms with Gasteiger partial charge in [0, 0.05) is 6.07 Å². The predicted octanol–water partition coefficient (Wildman–Crippen LogP) is 2.36. The van der Waals surface area contributed by atoms with Crippen molar-refractivity contribution in [2.45, 2.75) is 6.61 Å². The Kier molecular flexibility index (Phi) is 4.69. The van der Waals surface area contributed by atoms with Gasteiger partial charge in [-0.25, -0.2) is 4.79 Å². The molecule has 25 heavy (non-hydrogen) atoms. The van der Waals surface area contributed by atoms with Crippen molar-refractivity contribution in [3.63, 3.8) is 0 Å². The third kappa shape index (κ3) is 3.99. The van der Waals surface area contributed by atoms with Crippen molar-refractivity contribution in [2.24, 2.45) is 0 Å². The number of hydrogen-bond donors (Lipinski definition) is 0. The fraction of sp³-hybridized carbons (Fsp3) is 0.133. The molecule has 0 saturated carbocycles. The summed E-state index contributed by atoms with van der Waals surface area (Å²) in [5.41, 5.74) is -0.240. The van der Waals surface area contributed by atoms with Crippen molar-refractivity contribution >= 4 is 11.7 Å². The number of esters is 1. The van der Waals surface area contributed by atoms with Crippen LogP contribution in [0.5, 0.6) is 5.75 Å². The second kappa shape index (κ2) is 7.25. The number of nitrogens with zero attached hydrogens (tertiary/aromatic N) is 3. The molecular weight excluding hydrogens is 334 g/mol. The minimum atomic E-state index is -0.740. The Bertz CT molecular complexity index is 873. The molecule has 1 aromatic carbocycles. The van der Waals surface area contributed by atoms with E-state index in [1.165, 1.54) is 24.5 Å². The van der Waals surface area contributed by atoms with Crippen LogP contribution in [0.4, 0.5) is 5.69 Å². The van der Waals surface area contributed by atoms with E-state index in [2.05, 4.69) is 10.2 Å². The van der Waals surface area contributed by atoms with Crippen molar-refractivity contribution in [3.05, 3.63) is 58.7 Å². The van der Waals surface area contributed by atoms with Crippen LogP contribution in [-0.2, 0) is 16.1 Å². The predicted molar refractivity (Wildman–Crippen MR) is 80.4 cm³/mol. The largest absolute Gasteiger partial charge is 0.475 e. The molecule has 0 saturated heterocycles. The maximum Gasteiger partial charge on any atom is 0.344 e. The highest BCUT2D eigenvalue weighted by Gasteiger charge is 2.16. The molecule has 2 heterocycles. The third-order valence-electron chi connectivity index (χ3n) is 2.96. The van der Waals surface area contributed by atoms with Crippen LogP contribution in [0.3, 0.4) is 0 Å². The van der Waals surface area contributed by atoms with E-state index in [0.717, 1.165) is 0 Å². The smallest absolute Gasteiger partial charge is 0.344 e. The molecule has 0 spiro atoms. The van der Waals surface area contributed by atoms with Gasteiger partial charge in [-0.2, -0.15) is 0 Å². The first kappa shape index (κ1) is 16.2. The van der Waals surface area contributed by atoms with E-state index in [-0.39, 0.29) is 29.8 Å². The summed E-state index contributed by atoms with van der Waals surface area (Å²) in [6, 6.07) is 9.02. The molecular formula is C15H11N3O7. The zero-order chi connectivity index (χ0) is 17.6. The number of furan rings is 1. The van der Waals surface area contributed by atoms with Crippen molar-refractivity contribution in [1.29, 1.82) is 0 Å². The molecule has 0 radical (unpaired) electrons. The molecule has 0 aliphatic rings. The van der Waals surface area contributed by atoms with Crippen molar-refractivity contribution in [3.8, 4) is 17.4 Å². The van der Waals surface area contributed by atoms with Gasteiger partial charge >= 0.3 is 11.7 Å². The number of ether oxygens (including phenoxy) is 2. The molecule has 3 rings (SSSR count). The van der Waals surface area contributed by atoms with Crippen LogP contribution >= 0.6 is 0 Å². The first-order valence-corrected chi connectivity index (χ1v) is 7.01. The van der Waals surface area contributed by atoms with Crippen LogP contribution in [-0.4, -0.2) is 27.7 Å². The van der Waals surface area contributed by atoms with Crippen LogP contribution in [0.2, 0.25) is 0 Å². The van der Waals surface area contributed by atoms with Gasteiger partial charge in [0.15, 0.2) is 24.7 Å². The summed E-state index contributed by atoms with van der Waals surface area (Å²) in [5.74, 6) is -0.138. The van der Waals surface area contributed by atoms with E-state index in [9.17, 15) is 14.9 Å². The van der Waals surface area contributed by atoms with Crippen molar-refractivity contribution < 1.29 is 28.0 Å². The highest BCUT2D eigenvalue weighted by Crippen LogP contribution is 2.25. The van der Waals surface area contributed by atoms with Crippen LogP contribution in [0.1, 0.15) is 5.89 Å². The maximum absolute atomic E-state index is 11.7. The number of carbonyl (C=O) groups excluding carboxylic acids is 1. The van der Waals surface area contributed by atoms with Gasteiger partial charge in [-0.15, -0.1) is 10.2 Å². The van der Waals surface area contributed by atoms with E-state index in [0.29, 0.717) is 5.76 Å². The lowest BCUT2D eigenvalue weighted by Gasteiger charge is -2.06. The molecule has 3 aromatic rings. The topological polar surface area (TPSA) is 131 Å². The Labute approximate surface area is 140 Å². The van der Waals surface area contributed by atoms with E-state index in [1.54, 1.807) is 18.2 Å². The molecule has 0 unspecified atom stereocenters. The molecule has 0 aliphatic carbocycles. The lowest BCUT2D eigenvalue weighted by atomic mass is 10.3. The fourth-order valence-corrected chi connectivity index (χ4v) is 1.86. The van der Waals surface area contributed by atoms with Gasteiger partial charge in [0.1, 0.15) is 0 Å². The molecule has 0 N–H and O–H groups in total. The lowest BCUT2D eigenvalue weighted by molar-refractivity contribution is -0.385. The number of hydrogen-bond acceptors (Lipinski definition) is 9. The highest BCUT2D eigenvalue weighted by atomic mass is 16.6. The molecule has 2 aromatic heterocycles. The second-order valence-electron chi connectivity index (χ2n) is 4.65. The first-order chi connectivity index (χ1) is 12.1. The van der Waals surface area contributed by atoms with Crippen LogP contribution in [0, 0.1) is 10.1 Å². The van der Waals surface area contributed by atoms with Gasteiger partial charge in [0.05, 0.1) is 11.2 Å². The Morgan fingerprint density at radius 2 is 2.04 bits per heavy atom. The summed E-state index contributed by atoms with van der Waals surface area (Å²) >= 11 is 0. The summed E-state index contributed by atoms with van der Waals surface area (Å²) in [7, 11) is 0. The zero-order valence-corrected chi connectivity index (χ0v) is 12.7. The van der Waals surface area contributed by atoms with Crippen LogP contribution < -0.4 is 4.74 Å². The summed E-state index contributed by atoms with van der Waals surface area (Å²) in [6.45, 7) is -0.753. The van der Waals surface area contributed by atoms with E-state index in [4.69, 9.17) is 18.3 Å². The average Bonchev–Trinajstić information content (AvgIpc) is 3.29. The lowest BCUT2D eigenvalue weighted by Crippen LogP contribution is -2.15. The van der Waals surface area contributed by atoms with Gasteiger partial charge in [-0.3, -0.25) is 10.1 Å². The zero-order valence-electron chi connectivity index (χ0n) is 12.7. The number of carbonyl (C=O) groups is 1. The Hall–Kier alpha value is -3.69. The normalized spacial score (nSPS) is 10.4. The maximum atomic E-state index is 11.7. The first-order valence-electron chi connectivity index (χ1n) is 7.01. The molecule has 10 heteroatoms. The number of nitro groups is 1. The van der Waals surface area contributed by atoms with Crippen LogP contribution in [0.15, 0.2) is 51.5 Å². The molecule has 128 valence electrons. The van der Waals surface area contributed by atoms with Crippen molar-refractivity contribution in [1.82, 2.24) is 10.2 Å². The number of nitro benzene ring substituents is 1. The van der Waals surface area contributed by atoms with Crippen molar-refractivity contribution in [2.75, 3.05) is 6.61 Å². The molecule has 0 fully saturated rings. The number of para-hydroxylation sites is 2. The highest BCUT2D eigenvalue weighted by molar-refractivity contribution is 5.71. The van der Waals surface area contributed by atoms with Gasteiger partial charge in [0.25, 0.3) is 11.8 Å². The summed E-state index contributed by atoms with van der Waals surface area (Å²) in [5, 5.41) is 18.3. The minimum Gasteiger partial charge on any atom is -0.475 e. The second-order valence-corrected chi connectivity index (χ2v) is 4.65.